The van der Waals surface area contributed by atoms with Crippen LogP contribution in [0.25, 0.3) is 11.6 Å². The lowest BCUT2D eigenvalue weighted by atomic mass is 10.1. The summed E-state index contributed by atoms with van der Waals surface area (Å²) in [5, 5.41) is 4.07. The number of benzene rings is 1. The van der Waals surface area contributed by atoms with Gasteiger partial charge in [-0.3, -0.25) is 4.68 Å². The molecule has 0 radical (unpaired) electrons. The third-order valence-corrected chi connectivity index (χ3v) is 5.11. The smallest absolute Gasteiger partial charge is 0.200 e. The average Bonchev–Trinajstić information content (AvgIpc) is 3.49. The fourth-order valence-corrected chi connectivity index (χ4v) is 3.49. The van der Waals surface area contributed by atoms with Crippen LogP contribution in [0.2, 0.25) is 0 Å². The fourth-order valence-electron chi connectivity index (χ4n) is 3.49. The van der Waals surface area contributed by atoms with Crippen LogP contribution in [0.15, 0.2) is 49.3 Å². The molecule has 1 fully saturated rings. The second kappa shape index (κ2) is 7.78. The summed E-state index contributed by atoms with van der Waals surface area (Å²) in [6.07, 6.45) is 9.02. The van der Waals surface area contributed by atoms with Crippen molar-refractivity contribution in [2.45, 2.75) is 24.9 Å². The number of rotatable bonds is 6. The van der Waals surface area contributed by atoms with E-state index in [9.17, 15) is 8.78 Å². The van der Waals surface area contributed by atoms with Crippen molar-refractivity contribution in [2.75, 3.05) is 0 Å². The molecule has 0 N–H and O–H groups in total. The molecule has 0 unspecified atom stereocenters. The van der Waals surface area contributed by atoms with Gasteiger partial charge in [0, 0.05) is 31.8 Å². The van der Waals surface area contributed by atoms with Crippen LogP contribution in [-0.4, -0.2) is 34.7 Å². The molecule has 8 nitrogen and oxygen atoms in total. The first-order valence-corrected chi connectivity index (χ1v) is 9.64. The maximum Gasteiger partial charge on any atom is 0.200 e. The van der Waals surface area contributed by atoms with Crippen molar-refractivity contribution < 1.29 is 13.5 Å². The van der Waals surface area contributed by atoms with Gasteiger partial charge in [0.05, 0.1) is 0 Å². The van der Waals surface area contributed by atoms with Crippen LogP contribution in [0, 0.1) is 11.6 Å². The summed E-state index contributed by atoms with van der Waals surface area (Å²) in [4.78, 5) is 21.0. The van der Waals surface area contributed by atoms with Crippen molar-refractivity contribution in [3.63, 3.8) is 0 Å². The molecule has 2 atom stereocenters. The molecule has 10 heteroatoms. The van der Waals surface area contributed by atoms with Crippen LogP contribution in [0.1, 0.15) is 35.2 Å². The Morgan fingerprint density at radius 3 is 2.39 bits per heavy atom. The van der Waals surface area contributed by atoms with Crippen molar-refractivity contribution in [3.05, 3.63) is 77.9 Å². The predicted molar refractivity (Wildman–Crippen MR) is 105 cm³/mol. The van der Waals surface area contributed by atoms with Gasteiger partial charge in [-0.25, -0.2) is 29.3 Å². The molecule has 1 saturated carbocycles. The second-order valence-corrected chi connectivity index (χ2v) is 7.30. The fraction of sp³-hybridized carbons (Fsp3) is 0.238. The lowest BCUT2D eigenvalue weighted by molar-refractivity contribution is 0.275. The van der Waals surface area contributed by atoms with Crippen LogP contribution in [0.4, 0.5) is 8.78 Å². The lowest BCUT2D eigenvalue weighted by Crippen LogP contribution is -2.03. The molecule has 3 aromatic heterocycles. The SMILES string of the molecule is Cn1cnc(COc2cc([C@@H]3C[C@H]3c3cnc(-c4ncccn4)nc3)cc(F)c2F)n1. The minimum absolute atomic E-state index is 0.0350. The summed E-state index contributed by atoms with van der Waals surface area (Å²) in [5.41, 5.74) is 1.60. The molecule has 0 amide bonds. The molecule has 0 aliphatic heterocycles. The van der Waals surface area contributed by atoms with E-state index in [0.717, 1.165) is 12.0 Å². The quantitative estimate of drug-likeness (QED) is 0.472. The molecule has 1 aliphatic carbocycles. The topological polar surface area (TPSA) is 91.5 Å². The number of halogens is 2. The van der Waals surface area contributed by atoms with Crippen LogP contribution in [0.5, 0.6) is 5.75 Å². The summed E-state index contributed by atoms with van der Waals surface area (Å²) < 4.78 is 35.4. The standard InChI is InChI=1S/C21H17F2N7O/c1-30-11-28-18(29-30)10-31-17-6-12(5-16(22)19(17)23)14-7-15(14)13-8-26-21(27-9-13)20-24-3-2-4-25-20/h2-6,8-9,11,14-15H,7,10H2,1H3/t14-,15-/m0/s1. The summed E-state index contributed by atoms with van der Waals surface area (Å²) >= 11 is 0. The molecule has 1 aliphatic rings. The van der Waals surface area contributed by atoms with E-state index in [2.05, 4.69) is 30.0 Å². The van der Waals surface area contributed by atoms with Gasteiger partial charge < -0.3 is 4.74 Å². The molecule has 0 bridgehead atoms. The Hall–Kier alpha value is -3.82. The number of ether oxygens (including phenoxy) is 1. The summed E-state index contributed by atoms with van der Waals surface area (Å²) in [6, 6.07) is 4.48. The Labute approximate surface area is 176 Å². The van der Waals surface area contributed by atoms with Crippen molar-refractivity contribution >= 4 is 0 Å². The van der Waals surface area contributed by atoms with Crippen LogP contribution < -0.4 is 4.74 Å². The minimum atomic E-state index is -1.02. The second-order valence-electron chi connectivity index (χ2n) is 7.30. The first-order valence-electron chi connectivity index (χ1n) is 9.64. The van der Waals surface area contributed by atoms with Gasteiger partial charge in [-0.15, -0.1) is 0 Å². The van der Waals surface area contributed by atoms with Crippen molar-refractivity contribution in [1.82, 2.24) is 34.7 Å². The molecule has 1 aromatic carbocycles. The van der Waals surface area contributed by atoms with Crippen LogP contribution >= 0.6 is 0 Å². The Bertz CT molecular complexity index is 1210. The monoisotopic (exact) mass is 421 g/mol. The normalized spacial score (nSPS) is 17.5. The van der Waals surface area contributed by atoms with Gasteiger partial charge in [0.2, 0.25) is 5.82 Å². The molecule has 156 valence electrons. The van der Waals surface area contributed by atoms with Gasteiger partial charge in [-0.1, -0.05) is 0 Å². The minimum Gasteiger partial charge on any atom is -0.482 e. The Morgan fingerprint density at radius 2 is 1.68 bits per heavy atom. The highest BCUT2D eigenvalue weighted by atomic mass is 19.2. The first kappa shape index (κ1) is 19.2. The van der Waals surface area contributed by atoms with Gasteiger partial charge in [0.1, 0.15) is 12.9 Å². The van der Waals surface area contributed by atoms with Gasteiger partial charge in [-0.2, -0.15) is 9.49 Å². The average molecular weight is 421 g/mol. The van der Waals surface area contributed by atoms with Gasteiger partial charge >= 0.3 is 0 Å². The lowest BCUT2D eigenvalue weighted by Gasteiger charge is -2.09. The third kappa shape index (κ3) is 3.96. The highest BCUT2D eigenvalue weighted by molar-refractivity contribution is 5.44. The van der Waals surface area contributed by atoms with E-state index in [1.54, 1.807) is 44.0 Å². The van der Waals surface area contributed by atoms with Crippen LogP contribution in [0.3, 0.4) is 0 Å². The molecule has 31 heavy (non-hydrogen) atoms. The van der Waals surface area contributed by atoms with E-state index < -0.39 is 11.6 Å². The first-order chi connectivity index (χ1) is 15.1. The maximum atomic E-state index is 14.2. The Balaban J connectivity index is 1.31. The van der Waals surface area contributed by atoms with Crippen molar-refractivity contribution in [3.8, 4) is 17.4 Å². The number of hydrogen-bond acceptors (Lipinski definition) is 7. The van der Waals surface area contributed by atoms with Crippen molar-refractivity contribution in [2.24, 2.45) is 7.05 Å². The molecule has 4 aromatic rings. The zero-order valence-corrected chi connectivity index (χ0v) is 16.5. The van der Waals surface area contributed by atoms with E-state index in [1.165, 1.54) is 17.1 Å². The number of aryl methyl sites for hydroxylation is 1. The number of nitrogens with zero attached hydrogens (tertiary/aromatic N) is 7. The predicted octanol–water partition coefficient (Wildman–Crippen LogP) is 3.19. The maximum absolute atomic E-state index is 14.2. The van der Waals surface area contributed by atoms with Crippen LogP contribution in [-0.2, 0) is 13.7 Å². The Kier molecular flexibility index (Phi) is 4.81. The zero-order valence-electron chi connectivity index (χ0n) is 16.5. The van der Waals surface area contributed by atoms with E-state index >= 15 is 0 Å². The zero-order chi connectivity index (χ0) is 21.4. The van der Waals surface area contributed by atoms with Gasteiger partial charge in [-0.05, 0) is 47.6 Å². The largest absolute Gasteiger partial charge is 0.482 e. The van der Waals surface area contributed by atoms with E-state index in [4.69, 9.17) is 4.74 Å². The summed E-state index contributed by atoms with van der Waals surface area (Å²) in [5.74, 6) is -0.682. The van der Waals surface area contributed by atoms with Gasteiger partial charge in [0.25, 0.3) is 0 Å². The number of aromatic nitrogens is 7. The summed E-state index contributed by atoms with van der Waals surface area (Å²) in [6.45, 7) is -0.0500. The molecule has 5 rings (SSSR count). The number of hydrogen-bond donors (Lipinski definition) is 0. The highest BCUT2D eigenvalue weighted by Crippen LogP contribution is 2.55. The molecular formula is C21H17F2N7O. The van der Waals surface area contributed by atoms with E-state index in [1.807, 2.05) is 0 Å². The highest BCUT2D eigenvalue weighted by Gasteiger charge is 2.41. The van der Waals surface area contributed by atoms with Gasteiger partial charge in [0.15, 0.2) is 29.0 Å². The Morgan fingerprint density at radius 1 is 0.968 bits per heavy atom. The summed E-state index contributed by atoms with van der Waals surface area (Å²) in [7, 11) is 1.72. The van der Waals surface area contributed by atoms with Crippen molar-refractivity contribution in [1.29, 1.82) is 0 Å². The van der Waals surface area contributed by atoms with E-state index in [-0.39, 0.29) is 24.2 Å². The molecule has 0 saturated heterocycles. The molecule has 3 heterocycles. The molecular weight excluding hydrogens is 404 g/mol. The van der Waals surface area contributed by atoms with E-state index in [0.29, 0.717) is 23.0 Å². The molecule has 0 spiro atoms. The third-order valence-electron chi connectivity index (χ3n) is 5.11.